The van der Waals surface area contributed by atoms with Gasteiger partial charge >= 0.3 is 0 Å². The summed E-state index contributed by atoms with van der Waals surface area (Å²) in [7, 11) is 0. The maximum Gasteiger partial charge on any atom is 0.272 e. The molecule has 0 spiro atoms. The van der Waals surface area contributed by atoms with E-state index in [0.29, 0.717) is 27.0 Å². The molecule has 2 aromatic carbocycles. The fourth-order valence-corrected chi connectivity index (χ4v) is 3.20. The Morgan fingerprint density at radius 2 is 1.92 bits per heavy atom. The summed E-state index contributed by atoms with van der Waals surface area (Å²) in [4.78, 5) is 24.3. The number of rotatable bonds is 4. The van der Waals surface area contributed by atoms with Crippen molar-refractivity contribution in [3.63, 3.8) is 0 Å². The zero-order chi connectivity index (χ0) is 18.0. The first-order chi connectivity index (χ1) is 11.9. The lowest BCUT2D eigenvalue weighted by Gasteiger charge is -2.20. The van der Waals surface area contributed by atoms with Crippen molar-refractivity contribution < 1.29 is 14.7 Å². The quantitative estimate of drug-likeness (QED) is 0.543. The van der Waals surface area contributed by atoms with Crippen LogP contribution in [0.25, 0.3) is 0 Å². The molecule has 1 unspecified atom stereocenters. The molecule has 1 heterocycles. The third kappa shape index (κ3) is 3.33. The fraction of sp³-hybridized carbons (Fsp3) is 0.167. The van der Waals surface area contributed by atoms with Crippen LogP contribution in [0.2, 0.25) is 0 Å². The third-order valence-electron chi connectivity index (χ3n) is 3.97. The van der Waals surface area contributed by atoms with Crippen LogP contribution in [0.3, 0.4) is 0 Å². The van der Waals surface area contributed by atoms with E-state index in [9.17, 15) is 14.7 Å². The number of aliphatic hydroxyl groups is 1. The Kier molecular flexibility index (Phi) is 4.69. The Labute approximate surface area is 153 Å². The van der Waals surface area contributed by atoms with Gasteiger partial charge in [0.15, 0.2) is 5.60 Å². The monoisotopic (exact) mass is 401 g/mol. The normalized spacial score (nSPS) is 19.3. The molecule has 3 rings (SSSR count). The van der Waals surface area contributed by atoms with E-state index in [1.54, 1.807) is 55.5 Å². The molecule has 0 aliphatic carbocycles. The van der Waals surface area contributed by atoms with Crippen LogP contribution in [-0.4, -0.2) is 22.6 Å². The second-order valence-corrected chi connectivity index (χ2v) is 6.66. The summed E-state index contributed by atoms with van der Waals surface area (Å²) >= 11 is 3.31. The summed E-state index contributed by atoms with van der Waals surface area (Å²) in [6, 6.07) is 13.9. The van der Waals surface area contributed by atoms with Crippen molar-refractivity contribution in [1.82, 2.24) is 5.43 Å². The number of carbonyl (C=O) groups is 2. The van der Waals surface area contributed by atoms with Crippen LogP contribution >= 0.6 is 15.9 Å². The highest BCUT2D eigenvalue weighted by Gasteiger charge is 2.45. The molecule has 25 heavy (non-hydrogen) atoms. The fourth-order valence-electron chi connectivity index (χ4n) is 2.74. The number of nitrogens with zero attached hydrogens (tertiary/aromatic N) is 1. The van der Waals surface area contributed by atoms with Crippen LogP contribution in [0.4, 0.5) is 5.69 Å². The summed E-state index contributed by atoms with van der Waals surface area (Å²) in [5.41, 5.74) is 2.71. The number of benzene rings is 2. The number of carbonyl (C=O) groups excluding carboxylic acids is 2. The number of halogens is 1. The molecule has 2 aromatic rings. The van der Waals surface area contributed by atoms with Crippen LogP contribution < -0.4 is 10.7 Å². The van der Waals surface area contributed by atoms with E-state index in [1.807, 2.05) is 0 Å². The summed E-state index contributed by atoms with van der Waals surface area (Å²) in [5, 5.41) is 17.5. The lowest BCUT2D eigenvalue weighted by Crippen LogP contribution is -2.36. The van der Waals surface area contributed by atoms with Gasteiger partial charge in [0.2, 0.25) is 0 Å². The average Bonchev–Trinajstić information content (AvgIpc) is 2.84. The van der Waals surface area contributed by atoms with Crippen LogP contribution in [0, 0.1) is 0 Å². The van der Waals surface area contributed by atoms with E-state index < -0.39 is 11.5 Å². The van der Waals surface area contributed by atoms with E-state index in [1.165, 1.54) is 0 Å². The van der Waals surface area contributed by atoms with Crippen molar-refractivity contribution in [1.29, 1.82) is 0 Å². The van der Waals surface area contributed by atoms with Gasteiger partial charge in [0.1, 0.15) is 0 Å². The van der Waals surface area contributed by atoms with Crippen molar-refractivity contribution in [2.45, 2.75) is 18.9 Å². The SMILES string of the molecule is CC(CC1(O)C(=O)Nc2ccccc21)=NNC(=O)c1ccccc1Br. The number of anilines is 1. The van der Waals surface area contributed by atoms with Crippen molar-refractivity contribution >= 4 is 39.1 Å². The van der Waals surface area contributed by atoms with E-state index in [0.717, 1.165) is 0 Å². The lowest BCUT2D eigenvalue weighted by molar-refractivity contribution is -0.132. The largest absolute Gasteiger partial charge is 0.375 e. The molecule has 7 heteroatoms. The van der Waals surface area contributed by atoms with Crippen molar-refractivity contribution in [3.05, 3.63) is 64.1 Å². The van der Waals surface area contributed by atoms with Gasteiger partial charge in [0.25, 0.3) is 11.8 Å². The molecule has 1 aliphatic heterocycles. The van der Waals surface area contributed by atoms with E-state index >= 15 is 0 Å². The Hall–Kier alpha value is -2.51. The van der Waals surface area contributed by atoms with Gasteiger partial charge < -0.3 is 10.4 Å². The molecule has 6 nitrogen and oxygen atoms in total. The Balaban J connectivity index is 1.75. The summed E-state index contributed by atoms with van der Waals surface area (Å²) in [6.45, 7) is 1.65. The molecule has 0 aromatic heterocycles. The Morgan fingerprint density at radius 3 is 2.68 bits per heavy atom. The molecule has 0 bridgehead atoms. The Bertz CT molecular complexity index is 881. The predicted molar refractivity (Wildman–Crippen MR) is 98.3 cm³/mol. The second kappa shape index (κ2) is 6.78. The molecule has 1 atom stereocenters. The highest BCUT2D eigenvalue weighted by molar-refractivity contribution is 9.10. The van der Waals surface area contributed by atoms with E-state index in [4.69, 9.17) is 0 Å². The molecule has 0 fully saturated rings. The van der Waals surface area contributed by atoms with E-state index in [2.05, 4.69) is 31.8 Å². The lowest BCUT2D eigenvalue weighted by atomic mass is 9.90. The maximum atomic E-state index is 12.2. The number of nitrogens with one attached hydrogen (secondary N) is 2. The van der Waals surface area contributed by atoms with Gasteiger partial charge in [0.05, 0.1) is 5.56 Å². The molecular weight excluding hydrogens is 386 g/mol. The second-order valence-electron chi connectivity index (χ2n) is 5.80. The van der Waals surface area contributed by atoms with Crippen LogP contribution in [0.5, 0.6) is 0 Å². The molecule has 3 N–H and O–H groups in total. The number of hydrogen-bond acceptors (Lipinski definition) is 4. The average molecular weight is 402 g/mol. The Morgan fingerprint density at radius 1 is 1.24 bits per heavy atom. The number of hydrogen-bond donors (Lipinski definition) is 3. The summed E-state index contributed by atoms with van der Waals surface area (Å²) in [5.74, 6) is -0.879. The summed E-state index contributed by atoms with van der Waals surface area (Å²) < 4.78 is 0.656. The predicted octanol–water partition coefficient (Wildman–Crippen LogP) is 2.78. The molecular formula is C18H16BrN3O3. The number of amides is 2. The maximum absolute atomic E-state index is 12.2. The van der Waals surface area contributed by atoms with Crippen molar-refractivity contribution in [3.8, 4) is 0 Å². The van der Waals surface area contributed by atoms with Gasteiger partial charge in [-0.05, 0) is 41.1 Å². The first-order valence-electron chi connectivity index (χ1n) is 7.63. The van der Waals surface area contributed by atoms with Crippen LogP contribution in [0.1, 0.15) is 29.3 Å². The highest BCUT2D eigenvalue weighted by Crippen LogP contribution is 2.38. The van der Waals surface area contributed by atoms with Gasteiger partial charge in [-0.15, -0.1) is 0 Å². The minimum absolute atomic E-state index is 0.0217. The molecule has 0 saturated carbocycles. The first kappa shape index (κ1) is 17.3. The molecule has 2 amide bonds. The smallest absolute Gasteiger partial charge is 0.272 e. The molecule has 0 saturated heterocycles. The standard InChI is InChI=1S/C18H16BrN3O3/c1-11(21-22-16(23)12-6-2-4-8-14(12)19)10-18(25)13-7-3-5-9-15(13)20-17(18)24/h2-9,25H,10H2,1H3,(H,20,24)(H,22,23). The zero-order valence-electron chi connectivity index (χ0n) is 13.4. The number of para-hydroxylation sites is 1. The van der Waals surface area contributed by atoms with Crippen LogP contribution in [0.15, 0.2) is 58.1 Å². The molecule has 128 valence electrons. The van der Waals surface area contributed by atoms with Crippen molar-refractivity contribution in [2.75, 3.05) is 5.32 Å². The van der Waals surface area contributed by atoms with Crippen molar-refractivity contribution in [2.24, 2.45) is 5.10 Å². The van der Waals surface area contributed by atoms with E-state index in [-0.39, 0.29) is 12.3 Å². The van der Waals surface area contributed by atoms with Gasteiger partial charge in [-0.3, -0.25) is 9.59 Å². The highest BCUT2D eigenvalue weighted by atomic mass is 79.9. The number of hydrazone groups is 1. The third-order valence-corrected chi connectivity index (χ3v) is 4.67. The zero-order valence-corrected chi connectivity index (χ0v) is 15.0. The van der Waals surface area contributed by atoms with Crippen LogP contribution in [-0.2, 0) is 10.4 Å². The van der Waals surface area contributed by atoms with Gasteiger partial charge in [-0.1, -0.05) is 30.3 Å². The molecule has 0 radical (unpaired) electrons. The first-order valence-corrected chi connectivity index (χ1v) is 8.42. The minimum Gasteiger partial charge on any atom is -0.375 e. The van der Waals surface area contributed by atoms with Gasteiger partial charge in [-0.25, -0.2) is 5.43 Å². The minimum atomic E-state index is -1.69. The number of fused-ring (bicyclic) bond motifs is 1. The molecule has 1 aliphatic rings. The van der Waals surface area contributed by atoms with Gasteiger partial charge in [-0.2, -0.15) is 5.10 Å². The van der Waals surface area contributed by atoms with Gasteiger partial charge in [0, 0.05) is 27.9 Å². The topological polar surface area (TPSA) is 90.8 Å². The summed E-state index contributed by atoms with van der Waals surface area (Å²) in [6.07, 6.45) is -0.0217.